The number of nitrogens with zero attached hydrogens (tertiary/aromatic N) is 2. The SMILES string of the molecule is NC1CCCCC1c1nc(-c2cccc(Cl)c2)no1. The lowest BCUT2D eigenvalue weighted by atomic mass is 9.85. The Morgan fingerprint density at radius 1 is 1.26 bits per heavy atom. The summed E-state index contributed by atoms with van der Waals surface area (Å²) in [7, 11) is 0. The minimum absolute atomic E-state index is 0.126. The highest BCUT2D eigenvalue weighted by Gasteiger charge is 2.28. The van der Waals surface area contributed by atoms with Crippen LogP contribution in [0, 0.1) is 0 Å². The summed E-state index contributed by atoms with van der Waals surface area (Å²) in [6, 6.07) is 7.57. The summed E-state index contributed by atoms with van der Waals surface area (Å²) in [5.41, 5.74) is 7.00. The largest absolute Gasteiger partial charge is 0.339 e. The highest BCUT2D eigenvalue weighted by atomic mass is 35.5. The van der Waals surface area contributed by atoms with Crippen molar-refractivity contribution in [1.29, 1.82) is 0 Å². The van der Waals surface area contributed by atoms with Crippen LogP contribution in [0.15, 0.2) is 28.8 Å². The Kier molecular flexibility index (Phi) is 3.53. The number of aromatic nitrogens is 2. The van der Waals surface area contributed by atoms with Crippen LogP contribution in [0.25, 0.3) is 11.4 Å². The number of nitrogens with two attached hydrogens (primary N) is 1. The number of hydrogen-bond acceptors (Lipinski definition) is 4. The van der Waals surface area contributed by atoms with Crippen LogP contribution in [0.3, 0.4) is 0 Å². The summed E-state index contributed by atoms with van der Waals surface area (Å²) in [6.45, 7) is 0. The van der Waals surface area contributed by atoms with E-state index >= 15 is 0 Å². The fraction of sp³-hybridized carbons (Fsp3) is 0.429. The molecule has 0 radical (unpaired) electrons. The molecule has 0 saturated heterocycles. The molecule has 1 aliphatic carbocycles. The van der Waals surface area contributed by atoms with Gasteiger partial charge in [0.15, 0.2) is 0 Å². The highest BCUT2D eigenvalue weighted by molar-refractivity contribution is 6.30. The monoisotopic (exact) mass is 277 g/mol. The molecule has 1 aromatic carbocycles. The van der Waals surface area contributed by atoms with Crippen molar-refractivity contribution in [3.05, 3.63) is 35.2 Å². The molecule has 1 fully saturated rings. The van der Waals surface area contributed by atoms with Crippen LogP contribution >= 0.6 is 11.6 Å². The molecular weight excluding hydrogens is 262 g/mol. The van der Waals surface area contributed by atoms with Crippen molar-refractivity contribution >= 4 is 11.6 Å². The summed E-state index contributed by atoms with van der Waals surface area (Å²) in [4.78, 5) is 4.48. The van der Waals surface area contributed by atoms with Gasteiger partial charge in [0.1, 0.15) is 0 Å². The number of hydrogen-bond donors (Lipinski definition) is 1. The van der Waals surface area contributed by atoms with E-state index in [0.29, 0.717) is 16.7 Å². The molecule has 2 N–H and O–H groups in total. The quantitative estimate of drug-likeness (QED) is 0.914. The first-order valence-corrected chi connectivity index (χ1v) is 6.97. The Bertz CT molecular complexity index is 569. The third-order valence-corrected chi connectivity index (χ3v) is 3.90. The summed E-state index contributed by atoms with van der Waals surface area (Å²) in [5.74, 6) is 1.42. The zero-order chi connectivity index (χ0) is 13.2. The normalized spacial score (nSPS) is 23.5. The van der Waals surface area contributed by atoms with E-state index in [4.69, 9.17) is 21.9 Å². The lowest BCUT2D eigenvalue weighted by Crippen LogP contribution is -2.31. The summed E-state index contributed by atoms with van der Waals surface area (Å²) >= 11 is 5.97. The summed E-state index contributed by atoms with van der Waals surface area (Å²) in [5, 5.41) is 4.70. The second-order valence-electron chi connectivity index (χ2n) is 5.02. The molecule has 0 aliphatic heterocycles. The Morgan fingerprint density at radius 2 is 2.11 bits per heavy atom. The first-order chi connectivity index (χ1) is 9.24. The molecule has 2 aromatic rings. The Morgan fingerprint density at radius 3 is 2.89 bits per heavy atom. The highest BCUT2D eigenvalue weighted by Crippen LogP contribution is 2.32. The molecule has 100 valence electrons. The standard InChI is InChI=1S/C14H16ClN3O/c15-10-5-3-4-9(8-10)13-17-14(19-18-13)11-6-1-2-7-12(11)16/h3-5,8,11-12H,1-2,6-7,16H2. The van der Waals surface area contributed by atoms with Crippen LogP contribution < -0.4 is 5.73 Å². The van der Waals surface area contributed by atoms with Gasteiger partial charge in [-0.3, -0.25) is 0 Å². The Labute approximate surface area is 117 Å². The first kappa shape index (κ1) is 12.6. The van der Waals surface area contributed by atoms with Crippen molar-refractivity contribution in [2.45, 2.75) is 37.6 Å². The van der Waals surface area contributed by atoms with Crippen LogP contribution in [0.1, 0.15) is 37.5 Å². The number of rotatable bonds is 2. The lowest BCUT2D eigenvalue weighted by molar-refractivity contribution is 0.290. The zero-order valence-electron chi connectivity index (χ0n) is 10.6. The van der Waals surface area contributed by atoms with E-state index in [2.05, 4.69) is 10.1 Å². The van der Waals surface area contributed by atoms with Gasteiger partial charge in [-0.05, 0) is 25.0 Å². The van der Waals surface area contributed by atoms with Gasteiger partial charge in [-0.25, -0.2) is 0 Å². The maximum Gasteiger partial charge on any atom is 0.231 e. The molecule has 19 heavy (non-hydrogen) atoms. The van der Waals surface area contributed by atoms with Crippen molar-refractivity contribution in [3.63, 3.8) is 0 Å². The maximum atomic E-state index is 6.13. The molecule has 5 heteroatoms. The Hall–Kier alpha value is -1.39. The molecule has 1 aliphatic rings. The average Bonchev–Trinajstić information content (AvgIpc) is 2.89. The van der Waals surface area contributed by atoms with E-state index in [-0.39, 0.29) is 12.0 Å². The predicted octanol–water partition coefficient (Wildman–Crippen LogP) is 3.37. The second-order valence-corrected chi connectivity index (χ2v) is 5.46. The first-order valence-electron chi connectivity index (χ1n) is 6.59. The second kappa shape index (κ2) is 5.31. The van der Waals surface area contributed by atoms with E-state index in [1.165, 1.54) is 12.8 Å². The molecule has 1 saturated carbocycles. The lowest BCUT2D eigenvalue weighted by Gasteiger charge is -2.25. The fourth-order valence-electron chi connectivity index (χ4n) is 2.60. The van der Waals surface area contributed by atoms with Crippen molar-refractivity contribution in [2.24, 2.45) is 5.73 Å². The molecule has 2 unspecified atom stereocenters. The smallest absolute Gasteiger partial charge is 0.231 e. The molecule has 0 bridgehead atoms. The predicted molar refractivity (Wildman–Crippen MR) is 73.9 cm³/mol. The molecule has 2 atom stereocenters. The van der Waals surface area contributed by atoms with Gasteiger partial charge in [0.25, 0.3) is 0 Å². The van der Waals surface area contributed by atoms with Gasteiger partial charge >= 0.3 is 0 Å². The number of benzene rings is 1. The molecule has 1 heterocycles. The molecule has 1 aromatic heterocycles. The summed E-state index contributed by atoms with van der Waals surface area (Å²) < 4.78 is 5.38. The van der Waals surface area contributed by atoms with Crippen LogP contribution in [0.5, 0.6) is 0 Å². The van der Waals surface area contributed by atoms with Crippen molar-refractivity contribution in [1.82, 2.24) is 10.1 Å². The summed E-state index contributed by atoms with van der Waals surface area (Å²) in [6.07, 6.45) is 4.41. The van der Waals surface area contributed by atoms with Gasteiger partial charge in [0.05, 0.1) is 5.92 Å². The molecule has 0 amide bonds. The van der Waals surface area contributed by atoms with Gasteiger partial charge in [-0.15, -0.1) is 0 Å². The van der Waals surface area contributed by atoms with Crippen LogP contribution in [0.4, 0.5) is 0 Å². The fourth-order valence-corrected chi connectivity index (χ4v) is 2.79. The van der Waals surface area contributed by atoms with Crippen LogP contribution in [0.2, 0.25) is 5.02 Å². The Balaban J connectivity index is 1.86. The van der Waals surface area contributed by atoms with Gasteiger partial charge in [0.2, 0.25) is 11.7 Å². The maximum absolute atomic E-state index is 6.13. The van der Waals surface area contributed by atoms with Gasteiger partial charge in [-0.2, -0.15) is 4.98 Å². The van der Waals surface area contributed by atoms with Gasteiger partial charge in [0, 0.05) is 16.6 Å². The van der Waals surface area contributed by atoms with Crippen LogP contribution in [-0.2, 0) is 0 Å². The van der Waals surface area contributed by atoms with E-state index in [9.17, 15) is 0 Å². The van der Waals surface area contributed by atoms with Crippen molar-refractivity contribution in [2.75, 3.05) is 0 Å². The van der Waals surface area contributed by atoms with Crippen molar-refractivity contribution < 1.29 is 4.52 Å². The topological polar surface area (TPSA) is 64.9 Å². The third-order valence-electron chi connectivity index (χ3n) is 3.66. The average molecular weight is 278 g/mol. The van der Waals surface area contributed by atoms with Gasteiger partial charge in [-0.1, -0.05) is 41.7 Å². The molecule has 3 rings (SSSR count). The molecular formula is C14H16ClN3O. The van der Waals surface area contributed by atoms with Crippen LogP contribution in [-0.4, -0.2) is 16.2 Å². The van der Waals surface area contributed by atoms with Crippen molar-refractivity contribution in [3.8, 4) is 11.4 Å². The molecule has 4 nitrogen and oxygen atoms in total. The van der Waals surface area contributed by atoms with E-state index in [0.717, 1.165) is 18.4 Å². The minimum Gasteiger partial charge on any atom is -0.339 e. The zero-order valence-corrected chi connectivity index (χ0v) is 11.3. The van der Waals surface area contributed by atoms with E-state index in [1.807, 2.05) is 24.3 Å². The minimum atomic E-state index is 0.126. The molecule has 0 spiro atoms. The van der Waals surface area contributed by atoms with Gasteiger partial charge < -0.3 is 10.3 Å². The van der Waals surface area contributed by atoms with E-state index in [1.54, 1.807) is 0 Å². The third kappa shape index (κ3) is 2.65. The number of halogens is 1. The van der Waals surface area contributed by atoms with E-state index < -0.39 is 0 Å².